The molecule has 98 valence electrons. The topological polar surface area (TPSA) is 101 Å². The molecule has 1 rings (SSSR count). The van der Waals surface area contributed by atoms with Gasteiger partial charge < -0.3 is 9.84 Å². The van der Waals surface area contributed by atoms with Gasteiger partial charge in [-0.15, -0.1) is 0 Å². The molecule has 1 aromatic heterocycles. The van der Waals surface area contributed by atoms with Crippen molar-refractivity contribution >= 4 is 29.5 Å². The molecule has 0 saturated carbocycles. The van der Waals surface area contributed by atoms with E-state index in [9.17, 15) is 9.59 Å². The van der Waals surface area contributed by atoms with Gasteiger partial charge in [-0.25, -0.2) is 19.6 Å². The maximum Gasteiger partial charge on any atom is 0.413 e. The van der Waals surface area contributed by atoms with Crippen molar-refractivity contribution in [3.63, 3.8) is 0 Å². The second-order valence-electron chi connectivity index (χ2n) is 4.32. The van der Waals surface area contributed by atoms with Gasteiger partial charge in [0.15, 0.2) is 5.82 Å². The fraction of sp³-hybridized carbons (Fsp3) is 0.400. The monoisotopic (exact) mass is 273 g/mol. The molecule has 0 aliphatic rings. The number of aromatic carboxylic acids is 1. The maximum atomic E-state index is 11.5. The van der Waals surface area contributed by atoms with E-state index in [1.54, 1.807) is 20.8 Å². The molecule has 1 heterocycles. The van der Waals surface area contributed by atoms with Crippen LogP contribution in [-0.4, -0.2) is 32.7 Å². The molecule has 0 bridgehead atoms. The van der Waals surface area contributed by atoms with Gasteiger partial charge >= 0.3 is 12.1 Å². The minimum absolute atomic E-state index is 0.211. The first-order chi connectivity index (χ1) is 8.20. The second-order valence-corrected chi connectivity index (χ2v) is 4.68. The second kappa shape index (κ2) is 5.18. The highest BCUT2D eigenvalue weighted by Crippen LogP contribution is 2.20. The molecule has 0 radical (unpaired) electrons. The number of amides is 1. The smallest absolute Gasteiger partial charge is 0.413 e. The number of halogens is 1. The lowest BCUT2D eigenvalue weighted by atomic mass is 10.2. The summed E-state index contributed by atoms with van der Waals surface area (Å²) in [7, 11) is 0. The van der Waals surface area contributed by atoms with E-state index < -0.39 is 17.7 Å². The van der Waals surface area contributed by atoms with Crippen LogP contribution in [0.1, 0.15) is 31.1 Å². The average Bonchev–Trinajstić information content (AvgIpc) is 2.13. The predicted molar refractivity (Wildman–Crippen MR) is 63.9 cm³/mol. The Kier molecular flexibility index (Phi) is 4.07. The molecule has 1 aromatic rings. The number of ether oxygens (including phenoxy) is 1. The molecule has 0 atom stereocenters. The minimum atomic E-state index is -1.34. The highest BCUT2D eigenvalue weighted by Gasteiger charge is 2.22. The van der Waals surface area contributed by atoms with E-state index in [1.807, 2.05) is 0 Å². The first kappa shape index (κ1) is 14.2. The van der Waals surface area contributed by atoms with E-state index in [4.69, 9.17) is 21.4 Å². The Morgan fingerprint density at radius 2 is 2.00 bits per heavy atom. The van der Waals surface area contributed by atoms with Gasteiger partial charge in [-0.2, -0.15) is 0 Å². The van der Waals surface area contributed by atoms with Crippen LogP contribution in [-0.2, 0) is 4.74 Å². The number of nitrogens with zero attached hydrogens (tertiary/aromatic N) is 2. The Morgan fingerprint density at radius 1 is 1.39 bits per heavy atom. The van der Waals surface area contributed by atoms with Crippen molar-refractivity contribution in [2.45, 2.75) is 26.4 Å². The fourth-order valence-electron chi connectivity index (χ4n) is 1.05. The summed E-state index contributed by atoms with van der Waals surface area (Å²) in [5.41, 5.74) is -1.09. The molecule has 8 heteroatoms. The van der Waals surface area contributed by atoms with E-state index in [-0.39, 0.29) is 16.5 Å². The molecule has 0 saturated heterocycles. The third-order valence-electron chi connectivity index (χ3n) is 1.63. The summed E-state index contributed by atoms with van der Waals surface area (Å²) < 4.78 is 4.97. The SMILES string of the molecule is CC(C)(C)OC(=O)Nc1ncnc(Cl)c1C(=O)O. The molecule has 0 unspecified atom stereocenters. The third kappa shape index (κ3) is 3.85. The molecular weight excluding hydrogens is 262 g/mol. The van der Waals surface area contributed by atoms with Crippen molar-refractivity contribution in [1.82, 2.24) is 9.97 Å². The lowest BCUT2D eigenvalue weighted by Crippen LogP contribution is -2.28. The van der Waals surface area contributed by atoms with Crippen molar-refractivity contribution in [3.8, 4) is 0 Å². The Labute approximate surface area is 108 Å². The van der Waals surface area contributed by atoms with Gasteiger partial charge in [-0.1, -0.05) is 11.6 Å². The van der Waals surface area contributed by atoms with E-state index >= 15 is 0 Å². The molecule has 7 nitrogen and oxygen atoms in total. The summed E-state index contributed by atoms with van der Waals surface area (Å²) in [6.07, 6.45) is 0.223. The first-order valence-electron chi connectivity index (χ1n) is 4.94. The molecular formula is C10H12ClN3O4. The highest BCUT2D eigenvalue weighted by atomic mass is 35.5. The summed E-state index contributed by atoms with van der Waals surface area (Å²) in [6, 6.07) is 0. The van der Waals surface area contributed by atoms with Crippen LogP contribution >= 0.6 is 11.6 Å². The van der Waals surface area contributed by atoms with Crippen LogP contribution in [0.15, 0.2) is 6.33 Å². The largest absolute Gasteiger partial charge is 0.477 e. The van der Waals surface area contributed by atoms with E-state index in [2.05, 4.69) is 15.3 Å². The van der Waals surface area contributed by atoms with Gasteiger partial charge in [0, 0.05) is 0 Å². The third-order valence-corrected chi connectivity index (χ3v) is 1.92. The van der Waals surface area contributed by atoms with Crippen molar-refractivity contribution in [1.29, 1.82) is 0 Å². The van der Waals surface area contributed by atoms with Gasteiger partial charge in [-0.3, -0.25) is 5.32 Å². The first-order valence-corrected chi connectivity index (χ1v) is 5.32. The Balaban J connectivity index is 2.95. The zero-order valence-electron chi connectivity index (χ0n) is 10.0. The Morgan fingerprint density at radius 3 is 2.50 bits per heavy atom. The number of hydrogen-bond donors (Lipinski definition) is 2. The van der Waals surface area contributed by atoms with Crippen molar-refractivity contribution in [2.24, 2.45) is 0 Å². The Hall–Kier alpha value is -1.89. The summed E-state index contributed by atoms with van der Waals surface area (Å²) in [6.45, 7) is 5.03. The Bertz CT molecular complexity index is 485. The number of carboxylic acids is 1. The molecule has 18 heavy (non-hydrogen) atoms. The van der Waals surface area contributed by atoms with Crippen molar-refractivity contribution in [3.05, 3.63) is 17.0 Å². The number of rotatable bonds is 2. The molecule has 0 spiro atoms. The zero-order valence-corrected chi connectivity index (χ0v) is 10.8. The van der Waals surface area contributed by atoms with Crippen LogP contribution < -0.4 is 5.32 Å². The van der Waals surface area contributed by atoms with Gasteiger partial charge in [0.25, 0.3) is 0 Å². The minimum Gasteiger partial charge on any atom is -0.477 e. The normalized spacial score (nSPS) is 10.9. The number of anilines is 1. The van der Waals surface area contributed by atoms with Gasteiger partial charge in [0.2, 0.25) is 0 Å². The number of aromatic nitrogens is 2. The fourth-order valence-corrected chi connectivity index (χ4v) is 1.26. The van der Waals surface area contributed by atoms with Gasteiger partial charge in [0.1, 0.15) is 22.6 Å². The number of carbonyl (C=O) groups is 2. The molecule has 2 N–H and O–H groups in total. The molecule has 0 aliphatic carbocycles. The standard InChI is InChI=1S/C10H12ClN3O4/c1-10(2,3)18-9(17)14-7-5(8(15)16)6(11)12-4-13-7/h4H,1-3H3,(H,15,16)(H,12,13,14,17). The van der Waals surface area contributed by atoms with E-state index in [0.717, 1.165) is 6.33 Å². The van der Waals surface area contributed by atoms with Crippen LogP contribution in [0.4, 0.5) is 10.6 Å². The maximum absolute atomic E-state index is 11.5. The number of carboxylic acid groups (broad SMARTS) is 1. The van der Waals surface area contributed by atoms with E-state index in [1.165, 1.54) is 0 Å². The molecule has 0 fully saturated rings. The predicted octanol–water partition coefficient (Wildman–Crippen LogP) is 2.18. The highest BCUT2D eigenvalue weighted by molar-refractivity contribution is 6.33. The summed E-state index contributed by atoms with van der Waals surface area (Å²) >= 11 is 5.62. The van der Waals surface area contributed by atoms with Crippen LogP contribution in [0, 0.1) is 0 Å². The number of nitrogens with one attached hydrogen (secondary N) is 1. The van der Waals surface area contributed by atoms with Crippen LogP contribution in [0.5, 0.6) is 0 Å². The molecule has 0 aliphatic heterocycles. The van der Waals surface area contributed by atoms with Crippen molar-refractivity contribution in [2.75, 3.05) is 5.32 Å². The number of hydrogen-bond acceptors (Lipinski definition) is 5. The zero-order chi connectivity index (χ0) is 13.9. The van der Waals surface area contributed by atoms with Gasteiger partial charge in [-0.05, 0) is 20.8 Å². The summed E-state index contributed by atoms with van der Waals surface area (Å²) in [5.74, 6) is -1.55. The molecule has 1 amide bonds. The molecule has 0 aromatic carbocycles. The summed E-state index contributed by atoms with van der Waals surface area (Å²) in [5, 5.41) is 10.9. The van der Waals surface area contributed by atoms with Crippen LogP contribution in [0.25, 0.3) is 0 Å². The summed E-state index contributed by atoms with van der Waals surface area (Å²) in [4.78, 5) is 29.6. The average molecular weight is 274 g/mol. The van der Waals surface area contributed by atoms with Gasteiger partial charge in [0.05, 0.1) is 0 Å². The lowest BCUT2D eigenvalue weighted by Gasteiger charge is -2.19. The van der Waals surface area contributed by atoms with E-state index in [0.29, 0.717) is 0 Å². The quantitative estimate of drug-likeness (QED) is 0.801. The van der Waals surface area contributed by atoms with Crippen molar-refractivity contribution < 1.29 is 19.4 Å². The lowest BCUT2D eigenvalue weighted by molar-refractivity contribution is 0.0635. The number of carbonyl (C=O) groups excluding carboxylic acids is 1. The van der Waals surface area contributed by atoms with Crippen LogP contribution in [0.3, 0.4) is 0 Å². The van der Waals surface area contributed by atoms with Crippen LogP contribution in [0.2, 0.25) is 5.15 Å².